The minimum Gasteiger partial charge on any atom is -0.467 e. The van der Waals surface area contributed by atoms with Crippen molar-refractivity contribution >= 4 is 27.5 Å². The smallest absolute Gasteiger partial charge is 0.258 e. The molecule has 2 aliphatic carbocycles. The third kappa shape index (κ3) is 3.85. The molecule has 0 radical (unpaired) electrons. The van der Waals surface area contributed by atoms with Crippen molar-refractivity contribution in [2.24, 2.45) is 5.92 Å². The number of hydrogen-bond donors (Lipinski definition) is 1. The van der Waals surface area contributed by atoms with Gasteiger partial charge in [-0.2, -0.15) is 0 Å². The van der Waals surface area contributed by atoms with Gasteiger partial charge < -0.3 is 10.1 Å². The molecule has 140 valence electrons. The second kappa shape index (κ2) is 7.91. The maximum atomic E-state index is 12.3. The molecule has 6 heteroatoms. The molecule has 26 heavy (non-hydrogen) atoms. The Bertz CT molecular complexity index is 781. The standard InChI is InChI=1S/C20H27N3O2S/c1-13-8-9-15-16(10-13)26-20-18(15)19(21-12-22-20)25-11-17(24)23-14-6-4-2-3-5-7-14/h12-14H,2-11H2,1H3,(H,23,24). The first-order chi connectivity index (χ1) is 12.7. The van der Waals surface area contributed by atoms with Crippen molar-refractivity contribution in [3.63, 3.8) is 0 Å². The van der Waals surface area contributed by atoms with E-state index in [0.717, 1.165) is 41.8 Å². The summed E-state index contributed by atoms with van der Waals surface area (Å²) in [7, 11) is 0. The van der Waals surface area contributed by atoms with Crippen LogP contribution in [-0.4, -0.2) is 28.5 Å². The summed E-state index contributed by atoms with van der Waals surface area (Å²) in [4.78, 5) is 23.5. The van der Waals surface area contributed by atoms with Gasteiger partial charge >= 0.3 is 0 Å². The number of aryl methyl sites for hydroxylation is 1. The Hall–Kier alpha value is -1.69. The van der Waals surface area contributed by atoms with Crippen molar-refractivity contribution in [3.05, 3.63) is 16.8 Å². The Balaban J connectivity index is 1.44. The minimum absolute atomic E-state index is 0.0314. The van der Waals surface area contributed by atoms with Crippen LogP contribution < -0.4 is 10.1 Å². The Morgan fingerprint density at radius 2 is 2.04 bits per heavy atom. The van der Waals surface area contributed by atoms with Gasteiger partial charge in [-0.15, -0.1) is 11.3 Å². The number of ether oxygens (including phenoxy) is 1. The molecule has 0 aliphatic heterocycles. The van der Waals surface area contributed by atoms with Crippen LogP contribution >= 0.6 is 11.3 Å². The number of fused-ring (bicyclic) bond motifs is 3. The summed E-state index contributed by atoms with van der Waals surface area (Å²) in [5.41, 5.74) is 1.34. The number of hydrogen-bond acceptors (Lipinski definition) is 5. The number of amides is 1. The van der Waals surface area contributed by atoms with Gasteiger partial charge in [0.1, 0.15) is 11.2 Å². The highest BCUT2D eigenvalue weighted by Crippen LogP contribution is 2.40. The first-order valence-electron chi connectivity index (χ1n) is 9.88. The zero-order valence-corrected chi connectivity index (χ0v) is 16.2. The molecular weight excluding hydrogens is 346 g/mol. The molecule has 0 saturated heterocycles. The van der Waals surface area contributed by atoms with Gasteiger partial charge in [0.25, 0.3) is 5.91 Å². The highest BCUT2D eigenvalue weighted by atomic mass is 32.1. The quantitative estimate of drug-likeness (QED) is 0.822. The fraction of sp³-hybridized carbons (Fsp3) is 0.650. The van der Waals surface area contributed by atoms with Crippen molar-refractivity contribution in [3.8, 4) is 5.88 Å². The zero-order chi connectivity index (χ0) is 17.9. The lowest BCUT2D eigenvalue weighted by Gasteiger charge is -2.18. The van der Waals surface area contributed by atoms with Crippen LogP contribution in [-0.2, 0) is 17.6 Å². The largest absolute Gasteiger partial charge is 0.467 e. The Morgan fingerprint density at radius 1 is 1.23 bits per heavy atom. The van der Waals surface area contributed by atoms with Gasteiger partial charge in [0.2, 0.25) is 5.88 Å². The molecule has 0 spiro atoms. The van der Waals surface area contributed by atoms with E-state index in [2.05, 4.69) is 22.2 Å². The first kappa shape index (κ1) is 17.7. The van der Waals surface area contributed by atoms with E-state index in [4.69, 9.17) is 4.74 Å². The fourth-order valence-electron chi connectivity index (χ4n) is 4.18. The van der Waals surface area contributed by atoms with Gasteiger partial charge in [-0.25, -0.2) is 9.97 Å². The number of aromatic nitrogens is 2. The Kier molecular flexibility index (Phi) is 5.38. The summed E-state index contributed by atoms with van der Waals surface area (Å²) in [6.45, 7) is 2.33. The average Bonchev–Trinajstić information content (AvgIpc) is 2.80. The van der Waals surface area contributed by atoms with Gasteiger partial charge in [0.05, 0.1) is 5.39 Å². The molecule has 1 amide bonds. The number of thiophene rings is 1. The van der Waals surface area contributed by atoms with Crippen molar-refractivity contribution in [2.45, 2.75) is 70.8 Å². The summed E-state index contributed by atoms with van der Waals surface area (Å²) in [5, 5.41) is 4.16. The van der Waals surface area contributed by atoms with Crippen LogP contribution in [0.4, 0.5) is 0 Å². The molecule has 4 rings (SSSR count). The van der Waals surface area contributed by atoms with E-state index in [1.165, 1.54) is 42.5 Å². The summed E-state index contributed by atoms with van der Waals surface area (Å²) in [6.07, 6.45) is 12.0. The van der Waals surface area contributed by atoms with E-state index in [1.807, 2.05) is 0 Å². The number of nitrogens with one attached hydrogen (secondary N) is 1. The van der Waals surface area contributed by atoms with Crippen LogP contribution in [0.15, 0.2) is 6.33 Å². The van der Waals surface area contributed by atoms with E-state index >= 15 is 0 Å². The van der Waals surface area contributed by atoms with Crippen molar-refractivity contribution in [1.82, 2.24) is 15.3 Å². The number of carbonyl (C=O) groups is 1. The van der Waals surface area contributed by atoms with Crippen LogP contribution in [0.1, 0.15) is 62.3 Å². The van der Waals surface area contributed by atoms with Gasteiger partial charge in [-0.3, -0.25) is 4.79 Å². The van der Waals surface area contributed by atoms with Gasteiger partial charge in [-0.1, -0.05) is 32.6 Å². The third-order valence-corrected chi connectivity index (χ3v) is 6.78. The van der Waals surface area contributed by atoms with Gasteiger partial charge in [0, 0.05) is 10.9 Å². The van der Waals surface area contributed by atoms with E-state index < -0.39 is 0 Å². The topological polar surface area (TPSA) is 64.1 Å². The predicted molar refractivity (Wildman–Crippen MR) is 104 cm³/mol. The summed E-state index contributed by atoms with van der Waals surface area (Å²) in [6, 6.07) is 0.300. The van der Waals surface area contributed by atoms with Crippen LogP contribution in [0.3, 0.4) is 0 Å². The lowest BCUT2D eigenvalue weighted by molar-refractivity contribution is -0.123. The lowest BCUT2D eigenvalue weighted by atomic mass is 9.89. The van der Waals surface area contributed by atoms with Crippen LogP contribution in [0.5, 0.6) is 5.88 Å². The average molecular weight is 374 g/mol. The molecular formula is C20H27N3O2S. The lowest BCUT2D eigenvalue weighted by Crippen LogP contribution is -2.37. The monoisotopic (exact) mass is 373 g/mol. The molecule has 1 unspecified atom stereocenters. The Labute approximate surface area is 158 Å². The molecule has 5 nitrogen and oxygen atoms in total. The summed E-state index contributed by atoms with van der Waals surface area (Å²) in [5.74, 6) is 1.25. The molecule has 0 bridgehead atoms. The van der Waals surface area contributed by atoms with Crippen LogP contribution in [0.25, 0.3) is 10.2 Å². The highest BCUT2D eigenvalue weighted by Gasteiger charge is 2.24. The molecule has 1 fully saturated rings. The minimum atomic E-state index is -0.0404. The molecule has 1 atom stereocenters. The first-order valence-corrected chi connectivity index (χ1v) is 10.7. The molecule has 2 heterocycles. The molecule has 2 aromatic rings. The second-order valence-electron chi connectivity index (χ2n) is 7.76. The normalized spacial score (nSPS) is 21.2. The predicted octanol–water partition coefficient (Wildman–Crippen LogP) is 4.03. The number of carbonyl (C=O) groups excluding carboxylic acids is 1. The zero-order valence-electron chi connectivity index (χ0n) is 15.4. The van der Waals surface area contributed by atoms with Gasteiger partial charge in [-0.05, 0) is 43.6 Å². The van der Waals surface area contributed by atoms with E-state index in [-0.39, 0.29) is 12.5 Å². The maximum absolute atomic E-state index is 12.3. The van der Waals surface area contributed by atoms with Crippen LogP contribution in [0.2, 0.25) is 0 Å². The SMILES string of the molecule is CC1CCc2c(sc3ncnc(OCC(=O)NC4CCCCCC4)c23)C1. The second-order valence-corrected chi connectivity index (χ2v) is 8.84. The fourth-order valence-corrected chi connectivity index (χ4v) is 5.52. The van der Waals surface area contributed by atoms with Gasteiger partial charge in [0.15, 0.2) is 6.61 Å². The molecule has 1 saturated carbocycles. The number of rotatable bonds is 4. The molecule has 1 N–H and O–H groups in total. The molecule has 2 aliphatic rings. The summed E-state index contributed by atoms with van der Waals surface area (Å²) >= 11 is 1.75. The molecule has 0 aromatic carbocycles. The van der Waals surface area contributed by atoms with E-state index in [9.17, 15) is 4.79 Å². The van der Waals surface area contributed by atoms with E-state index in [0.29, 0.717) is 11.9 Å². The van der Waals surface area contributed by atoms with Crippen LogP contribution in [0, 0.1) is 5.92 Å². The third-order valence-electron chi connectivity index (χ3n) is 5.62. The van der Waals surface area contributed by atoms with Crippen molar-refractivity contribution < 1.29 is 9.53 Å². The summed E-state index contributed by atoms with van der Waals surface area (Å²) < 4.78 is 5.85. The Morgan fingerprint density at radius 3 is 2.85 bits per heavy atom. The van der Waals surface area contributed by atoms with Crippen molar-refractivity contribution in [1.29, 1.82) is 0 Å². The maximum Gasteiger partial charge on any atom is 0.258 e. The number of nitrogens with zero attached hydrogens (tertiary/aromatic N) is 2. The van der Waals surface area contributed by atoms with E-state index in [1.54, 1.807) is 17.7 Å². The molecule has 2 aromatic heterocycles. The van der Waals surface area contributed by atoms with Crippen molar-refractivity contribution in [2.75, 3.05) is 6.61 Å². The highest BCUT2D eigenvalue weighted by molar-refractivity contribution is 7.18.